The van der Waals surface area contributed by atoms with Crippen LogP contribution >= 0.6 is 0 Å². The smallest absolute Gasteiger partial charge is 0.0497 e. The molecule has 0 spiro atoms. The lowest BCUT2D eigenvalue weighted by atomic mass is 9.94. The number of rotatable bonds is 7. The minimum atomic E-state index is 0.560. The van der Waals surface area contributed by atoms with E-state index >= 15 is 0 Å². The molecular weight excluding hydrogens is 304 g/mol. The molecule has 25 heavy (non-hydrogen) atoms. The molecule has 0 aliphatic rings. The van der Waals surface area contributed by atoms with Gasteiger partial charge in [0.05, 0.1) is 0 Å². The van der Waals surface area contributed by atoms with Gasteiger partial charge in [0.2, 0.25) is 0 Å². The zero-order valence-corrected chi connectivity index (χ0v) is 15.7. The van der Waals surface area contributed by atoms with Crippen molar-refractivity contribution in [3.05, 3.63) is 59.2 Å². The molecule has 1 atom stereocenters. The fourth-order valence-corrected chi connectivity index (χ4v) is 3.68. The Bertz CT molecular complexity index is 844. The molecule has 0 aliphatic carbocycles. The zero-order chi connectivity index (χ0) is 17.8. The van der Waals surface area contributed by atoms with Crippen LogP contribution in [0.5, 0.6) is 0 Å². The molecule has 0 aliphatic heterocycles. The SMILES string of the molecule is CCC(C)c1cccc2c(CCCCN)c(-c3cccc(C)c3)[nH]c12. The van der Waals surface area contributed by atoms with Crippen LogP contribution in [0.25, 0.3) is 22.2 Å². The van der Waals surface area contributed by atoms with Crippen LogP contribution in [0.1, 0.15) is 55.7 Å². The van der Waals surface area contributed by atoms with Crippen LogP contribution in [0.2, 0.25) is 0 Å². The summed E-state index contributed by atoms with van der Waals surface area (Å²) in [5.41, 5.74) is 13.8. The third-order valence-electron chi connectivity index (χ3n) is 5.30. The van der Waals surface area contributed by atoms with Crippen LogP contribution in [0.4, 0.5) is 0 Å². The van der Waals surface area contributed by atoms with Gasteiger partial charge in [-0.25, -0.2) is 0 Å². The Hall–Kier alpha value is -2.06. The van der Waals surface area contributed by atoms with Crippen molar-refractivity contribution < 1.29 is 0 Å². The Morgan fingerprint density at radius 2 is 1.88 bits per heavy atom. The Morgan fingerprint density at radius 3 is 2.60 bits per heavy atom. The molecule has 132 valence electrons. The Balaban J connectivity index is 2.18. The van der Waals surface area contributed by atoms with Crippen LogP contribution in [-0.2, 0) is 6.42 Å². The molecule has 3 aromatic rings. The maximum absolute atomic E-state index is 5.72. The van der Waals surface area contributed by atoms with Crippen molar-refractivity contribution in [2.75, 3.05) is 6.54 Å². The van der Waals surface area contributed by atoms with Crippen molar-refractivity contribution in [3.63, 3.8) is 0 Å². The fraction of sp³-hybridized carbons (Fsp3) is 0.391. The largest absolute Gasteiger partial charge is 0.354 e. The van der Waals surface area contributed by atoms with E-state index < -0.39 is 0 Å². The average Bonchev–Trinajstić information content (AvgIpc) is 3.00. The van der Waals surface area contributed by atoms with Crippen LogP contribution in [0.3, 0.4) is 0 Å². The fourth-order valence-electron chi connectivity index (χ4n) is 3.68. The van der Waals surface area contributed by atoms with E-state index in [9.17, 15) is 0 Å². The van der Waals surface area contributed by atoms with Gasteiger partial charge in [-0.1, -0.05) is 55.8 Å². The topological polar surface area (TPSA) is 41.8 Å². The second-order valence-corrected chi connectivity index (χ2v) is 7.17. The molecule has 1 aromatic heterocycles. The number of aryl methyl sites for hydroxylation is 2. The standard InChI is InChI=1S/C23H30N2/c1-4-17(3)19-12-8-13-21-20(11-5-6-14-24)22(25-23(19)21)18-10-7-9-16(2)15-18/h7-10,12-13,15,17,25H,4-6,11,14,24H2,1-3H3. The van der Waals surface area contributed by atoms with E-state index in [-0.39, 0.29) is 0 Å². The van der Waals surface area contributed by atoms with Gasteiger partial charge in [0.25, 0.3) is 0 Å². The number of benzene rings is 2. The minimum absolute atomic E-state index is 0.560. The van der Waals surface area contributed by atoms with Crippen molar-refractivity contribution in [3.8, 4) is 11.3 Å². The lowest BCUT2D eigenvalue weighted by Gasteiger charge is -2.10. The predicted octanol–water partition coefficient (Wildman–Crippen LogP) is 5.94. The van der Waals surface area contributed by atoms with Crippen LogP contribution < -0.4 is 5.73 Å². The molecule has 3 N–H and O–H groups in total. The van der Waals surface area contributed by atoms with Crippen molar-refractivity contribution in [2.24, 2.45) is 5.73 Å². The van der Waals surface area contributed by atoms with Gasteiger partial charge in [-0.2, -0.15) is 0 Å². The number of nitrogens with one attached hydrogen (secondary N) is 1. The normalized spacial score (nSPS) is 12.6. The van der Waals surface area contributed by atoms with Gasteiger partial charge in [0, 0.05) is 16.6 Å². The number of H-pyrrole nitrogens is 1. The lowest BCUT2D eigenvalue weighted by Crippen LogP contribution is -1.99. The van der Waals surface area contributed by atoms with Gasteiger partial charge >= 0.3 is 0 Å². The van der Waals surface area contributed by atoms with Crippen molar-refractivity contribution in [2.45, 2.75) is 52.4 Å². The predicted molar refractivity (Wildman–Crippen MR) is 109 cm³/mol. The second-order valence-electron chi connectivity index (χ2n) is 7.17. The molecule has 0 bridgehead atoms. The summed E-state index contributed by atoms with van der Waals surface area (Å²) in [7, 11) is 0. The Labute approximate surface area is 151 Å². The summed E-state index contributed by atoms with van der Waals surface area (Å²) in [6.45, 7) is 7.50. The van der Waals surface area contributed by atoms with Gasteiger partial charge in [-0.15, -0.1) is 0 Å². The van der Waals surface area contributed by atoms with Crippen molar-refractivity contribution in [1.29, 1.82) is 0 Å². The van der Waals surface area contributed by atoms with E-state index in [2.05, 4.69) is 68.2 Å². The lowest BCUT2D eigenvalue weighted by molar-refractivity contribution is 0.738. The van der Waals surface area contributed by atoms with E-state index in [0.29, 0.717) is 5.92 Å². The quantitative estimate of drug-likeness (QED) is 0.516. The molecule has 1 heterocycles. The second kappa shape index (κ2) is 7.88. The van der Waals surface area contributed by atoms with E-state index in [1.165, 1.54) is 38.9 Å². The molecule has 2 nitrogen and oxygen atoms in total. The first kappa shape index (κ1) is 17.8. The van der Waals surface area contributed by atoms with Gasteiger partial charge in [-0.05, 0) is 67.8 Å². The minimum Gasteiger partial charge on any atom is -0.354 e. The highest BCUT2D eigenvalue weighted by Gasteiger charge is 2.17. The summed E-state index contributed by atoms with van der Waals surface area (Å²) >= 11 is 0. The van der Waals surface area contributed by atoms with Crippen LogP contribution in [0.15, 0.2) is 42.5 Å². The number of unbranched alkanes of at least 4 members (excludes halogenated alkanes) is 1. The maximum atomic E-state index is 5.72. The number of para-hydroxylation sites is 1. The highest BCUT2D eigenvalue weighted by Crippen LogP contribution is 2.36. The van der Waals surface area contributed by atoms with Crippen LogP contribution in [0, 0.1) is 6.92 Å². The molecule has 2 heteroatoms. The number of nitrogens with two attached hydrogens (primary N) is 1. The summed E-state index contributed by atoms with van der Waals surface area (Å²) in [6.07, 6.45) is 4.44. The van der Waals surface area contributed by atoms with Crippen molar-refractivity contribution >= 4 is 10.9 Å². The number of aromatic amines is 1. The average molecular weight is 335 g/mol. The Kier molecular flexibility index (Phi) is 5.60. The third-order valence-corrected chi connectivity index (χ3v) is 5.30. The molecule has 0 saturated carbocycles. The van der Waals surface area contributed by atoms with Gasteiger partial charge in [0.15, 0.2) is 0 Å². The molecule has 1 unspecified atom stereocenters. The molecule has 0 saturated heterocycles. The van der Waals surface area contributed by atoms with Gasteiger partial charge in [0.1, 0.15) is 0 Å². The van der Waals surface area contributed by atoms with Gasteiger partial charge in [-0.3, -0.25) is 0 Å². The maximum Gasteiger partial charge on any atom is 0.0497 e. The number of fused-ring (bicyclic) bond motifs is 1. The molecule has 0 radical (unpaired) electrons. The first-order valence-electron chi connectivity index (χ1n) is 9.56. The first-order chi connectivity index (χ1) is 12.2. The van der Waals surface area contributed by atoms with E-state index in [0.717, 1.165) is 32.2 Å². The summed E-state index contributed by atoms with van der Waals surface area (Å²) in [5.74, 6) is 0.560. The van der Waals surface area contributed by atoms with Crippen LogP contribution in [-0.4, -0.2) is 11.5 Å². The molecule has 0 fully saturated rings. The molecule has 3 rings (SSSR count). The van der Waals surface area contributed by atoms with E-state index in [4.69, 9.17) is 5.73 Å². The number of hydrogen-bond acceptors (Lipinski definition) is 1. The summed E-state index contributed by atoms with van der Waals surface area (Å²) in [6, 6.07) is 15.6. The number of aromatic nitrogens is 1. The van der Waals surface area contributed by atoms with E-state index in [1.54, 1.807) is 0 Å². The highest BCUT2D eigenvalue weighted by molar-refractivity contribution is 5.93. The summed E-state index contributed by atoms with van der Waals surface area (Å²) < 4.78 is 0. The molecule has 0 amide bonds. The Morgan fingerprint density at radius 1 is 1.08 bits per heavy atom. The summed E-state index contributed by atoms with van der Waals surface area (Å²) in [5, 5.41) is 1.38. The summed E-state index contributed by atoms with van der Waals surface area (Å²) in [4.78, 5) is 3.79. The first-order valence-corrected chi connectivity index (χ1v) is 9.56. The monoisotopic (exact) mass is 334 g/mol. The zero-order valence-electron chi connectivity index (χ0n) is 15.7. The van der Waals surface area contributed by atoms with Crippen molar-refractivity contribution in [1.82, 2.24) is 4.98 Å². The molecule has 2 aromatic carbocycles. The van der Waals surface area contributed by atoms with Gasteiger partial charge < -0.3 is 10.7 Å². The highest BCUT2D eigenvalue weighted by atomic mass is 14.7. The molecular formula is C23H30N2. The third kappa shape index (κ3) is 3.64. The van der Waals surface area contributed by atoms with E-state index in [1.807, 2.05) is 0 Å². The number of hydrogen-bond donors (Lipinski definition) is 2.